The summed E-state index contributed by atoms with van der Waals surface area (Å²) in [5, 5.41) is 2.14. The molecule has 1 aromatic carbocycles. The number of ether oxygens (including phenoxy) is 3. The van der Waals surface area contributed by atoms with Crippen molar-refractivity contribution in [3.63, 3.8) is 0 Å². The second-order valence-electron chi connectivity index (χ2n) is 5.60. The maximum atomic E-state index is 5.52. The van der Waals surface area contributed by atoms with Gasteiger partial charge in [-0.2, -0.15) is 0 Å². The minimum Gasteiger partial charge on any atom is -0.493 e. The van der Waals surface area contributed by atoms with Crippen LogP contribution in [0.2, 0.25) is 0 Å². The van der Waals surface area contributed by atoms with Crippen molar-refractivity contribution in [3.05, 3.63) is 45.6 Å². The molecule has 0 saturated carbocycles. The van der Waals surface area contributed by atoms with E-state index in [1.165, 1.54) is 16.0 Å². The number of thiophene rings is 1. The predicted molar refractivity (Wildman–Crippen MR) is 92.9 cm³/mol. The SMILES string of the molecule is COCCN1CCc2cc(OC)c(OC)cc2[C@@H]1c1cccs1. The van der Waals surface area contributed by atoms with Crippen molar-refractivity contribution in [2.45, 2.75) is 12.5 Å². The lowest BCUT2D eigenvalue weighted by atomic mass is 9.91. The number of nitrogens with zero attached hydrogens (tertiary/aromatic N) is 1. The van der Waals surface area contributed by atoms with Gasteiger partial charge < -0.3 is 14.2 Å². The van der Waals surface area contributed by atoms with Crippen LogP contribution in [0.1, 0.15) is 22.0 Å². The van der Waals surface area contributed by atoms with Crippen molar-refractivity contribution in [2.75, 3.05) is 41.0 Å². The molecule has 3 rings (SSSR count). The number of fused-ring (bicyclic) bond motifs is 1. The van der Waals surface area contributed by atoms with E-state index in [1.54, 1.807) is 32.7 Å². The van der Waals surface area contributed by atoms with Gasteiger partial charge in [-0.15, -0.1) is 11.3 Å². The fourth-order valence-corrected chi connectivity index (χ4v) is 4.10. The van der Waals surface area contributed by atoms with Crippen molar-refractivity contribution in [1.29, 1.82) is 0 Å². The second kappa shape index (κ2) is 7.34. The smallest absolute Gasteiger partial charge is 0.161 e. The van der Waals surface area contributed by atoms with E-state index in [0.29, 0.717) is 0 Å². The van der Waals surface area contributed by atoms with Gasteiger partial charge in [-0.3, -0.25) is 4.90 Å². The molecule has 2 aromatic rings. The van der Waals surface area contributed by atoms with Crippen molar-refractivity contribution in [3.8, 4) is 11.5 Å². The van der Waals surface area contributed by atoms with Crippen LogP contribution in [-0.4, -0.2) is 45.9 Å². The van der Waals surface area contributed by atoms with Crippen LogP contribution in [0.4, 0.5) is 0 Å². The Morgan fingerprint density at radius 3 is 2.61 bits per heavy atom. The lowest BCUT2D eigenvalue weighted by Gasteiger charge is -2.37. The van der Waals surface area contributed by atoms with Gasteiger partial charge >= 0.3 is 0 Å². The Morgan fingerprint density at radius 2 is 1.96 bits per heavy atom. The number of benzene rings is 1. The second-order valence-corrected chi connectivity index (χ2v) is 6.58. The van der Waals surface area contributed by atoms with Gasteiger partial charge in [0, 0.05) is 25.1 Å². The molecular formula is C18H23NO3S. The number of hydrogen-bond donors (Lipinski definition) is 0. The molecule has 124 valence electrons. The summed E-state index contributed by atoms with van der Waals surface area (Å²) in [5.74, 6) is 1.60. The minimum absolute atomic E-state index is 0.258. The lowest BCUT2D eigenvalue weighted by Crippen LogP contribution is -2.37. The highest BCUT2D eigenvalue weighted by molar-refractivity contribution is 7.10. The van der Waals surface area contributed by atoms with Gasteiger partial charge in [0.1, 0.15) is 0 Å². The summed E-state index contributed by atoms with van der Waals surface area (Å²) in [6.07, 6.45) is 1.02. The molecule has 1 aromatic heterocycles. The summed E-state index contributed by atoms with van der Waals surface area (Å²) >= 11 is 1.80. The van der Waals surface area contributed by atoms with E-state index in [-0.39, 0.29) is 6.04 Å². The molecule has 1 aliphatic rings. The fourth-order valence-electron chi connectivity index (χ4n) is 3.23. The Hall–Kier alpha value is -1.56. The molecule has 0 N–H and O–H groups in total. The molecule has 2 heterocycles. The Bertz CT molecular complexity index is 642. The monoisotopic (exact) mass is 333 g/mol. The van der Waals surface area contributed by atoms with E-state index in [9.17, 15) is 0 Å². The quantitative estimate of drug-likeness (QED) is 0.811. The maximum Gasteiger partial charge on any atom is 0.161 e. The van der Waals surface area contributed by atoms with Crippen molar-refractivity contribution in [2.24, 2.45) is 0 Å². The van der Waals surface area contributed by atoms with Gasteiger partial charge in [0.2, 0.25) is 0 Å². The minimum atomic E-state index is 0.258. The highest BCUT2D eigenvalue weighted by atomic mass is 32.1. The van der Waals surface area contributed by atoms with Crippen LogP contribution in [0.25, 0.3) is 0 Å². The first-order valence-corrected chi connectivity index (χ1v) is 8.67. The summed E-state index contributed by atoms with van der Waals surface area (Å²) in [4.78, 5) is 3.85. The molecule has 0 saturated heterocycles. The highest BCUT2D eigenvalue weighted by Crippen LogP contribution is 2.41. The Balaban J connectivity index is 2.04. The normalized spacial score (nSPS) is 17.8. The van der Waals surface area contributed by atoms with Crippen molar-refractivity contribution >= 4 is 11.3 Å². The molecular weight excluding hydrogens is 310 g/mol. The molecule has 23 heavy (non-hydrogen) atoms. The van der Waals surface area contributed by atoms with Crippen molar-refractivity contribution in [1.82, 2.24) is 4.90 Å². The zero-order valence-electron chi connectivity index (χ0n) is 13.9. The Labute approximate surface area is 141 Å². The van der Waals surface area contributed by atoms with Crippen LogP contribution >= 0.6 is 11.3 Å². The molecule has 0 unspecified atom stereocenters. The molecule has 0 fully saturated rings. The van der Waals surface area contributed by atoms with E-state index >= 15 is 0 Å². The predicted octanol–water partition coefficient (Wildman–Crippen LogP) is 3.36. The summed E-state index contributed by atoms with van der Waals surface area (Å²) in [5.41, 5.74) is 2.65. The third-order valence-electron chi connectivity index (χ3n) is 4.37. The van der Waals surface area contributed by atoms with Gasteiger partial charge in [0.25, 0.3) is 0 Å². The summed E-state index contributed by atoms with van der Waals surface area (Å²) in [6, 6.07) is 8.85. The number of rotatable bonds is 6. The van der Waals surface area contributed by atoms with Crippen LogP contribution in [0.3, 0.4) is 0 Å². The van der Waals surface area contributed by atoms with Gasteiger partial charge in [0.15, 0.2) is 11.5 Å². The van der Waals surface area contributed by atoms with Gasteiger partial charge in [-0.25, -0.2) is 0 Å². The average Bonchev–Trinajstić information content (AvgIpc) is 3.12. The van der Waals surface area contributed by atoms with Gasteiger partial charge in [0.05, 0.1) is 26.9 Å². The lowest BCUT2D eigenvalue weighted by molar-refractivity contribution is 0.127. The van der Waals surface area contributed by atoms with Gasteiger partial charge in [-0.1, -0.05) is 6.07 Å². The topological polar surface area (TPSA) is 30.9 Å². The average molecular weight is 333 g/mol. The van der Waals surface area contributed by atoms with E-state index in [1.807, 2.05) is 0 Å². The van der Waals surface area contributed by atoms with Gasteiger partial charge in [-0.05, 0) is 41.1 Å². The Kier molecular flexibility index (Phi) is 5.20. The molecule has 0 amide bonds. The third kappa shape index (κ3) is 3.22. The molecule has 1 atom stereocenters. The first-order valence-electron chi connectivity index (χ1n) is 7.79. The van der Waals surface area contributed by atoms with E-state index in [4.69, 9.17) is 14.2 Å². The van der Waals surface area contributed by atoms with Crippen LogP contribution in [-0.2, 0) is 11.2 Å². The molecule has 0 aliphatic carbocycles. The zero-order chi connectivity index (χ0) is 16.2. The standard InChI is InChI=1S/C18H23NO3S/c1-20-9-8-19-7-6-13-11-15(21-2)16(22-3)12-14(13)18(19)17-5-4-10-23-17/h4-5,10-12,18H,6-9H2,1-3H3/t18-/m1/s1. The van der Waals surface area contributed by atoms with E-state index in [0.717, 1.165) is 37.6 Å². The van der Waals surface area contributed by atoms with Crippen LogP contribution in [0, 0.1) is 0 Å². The largest absolute Gasteiger partial charge is 0.493 e. The molecule has 4 nitrogen and oxygen atoms in total. The molecule has 5 heteroatoms. The molecule has 1 aliphatic heterocycles. The zero-order valence-corrected chi connectivity index (χ0v) is 14.7. The fraction of sp³-hybridized carbons (Fsp3) is 0.444. The summed E-state index contributed by atoms with van der Waals surface area (Å²) in [6.45, 7) is 2.69. The van der Waals surface area contributed by atoms with E-state index < -0.39 is 0 Å². The van der Waals surface area contributed by atoms with Crippen molar-refractivity contribution < 1.29 is 14.2 Å². The number of methoxy groups -OCH3 is 3. The van der Waals surface area contributed by atoms with Crippen LogP contribution in [0.5, 0.6) is 11.5 Å². The molecule has 0 bridgehead atoms. The number of hydrogen-bond acceptors (Lipinski definition) is 5. The third-order valence-corrected chi connectivity index (χ3v) is 5.29. The first-order chi connectivity index (χ1) is 11.3. The highest BCUT2D eigenvalue weighted by Gasteiger charge is 2.30. The van der Waals surface area contributed by atoms with Crippen LogP contribution < -0.4 is 9.47 Å². The maximum absolute atomic E-state index is 5.52. The summed E-state index contributed by atoms with van der Waals surface area (Å²) in [7, 11) is 5.14. The van der Waals surface area contributed by atoms with Crippen LogP contribution in [0.15, 0.2) is 29.6 Å². The Morgan fingerprint density at radius 1 is 1.17 bits per heavy atom. The molecule has 0 radical (unpaired) electrons. The molecule has 0 spiro atoms. The first kappa shape index (κ1) is 16.3. The summed E-state index contributed by atoms with van der Waals surface area (Å²) < 4.78 is 16.3. The van der Waals surface area contributed by atoms with E-state index in [2.05, 4.69) is 34.5 Å².